The highest BCUT2D eigenvalue weighted by atomic mass is 31.1. The van der Waals surface area contributed by atoms with Crippen LogP contribution in [0.3, 0.4) is 0 Å². The second-order valence-electron chi connectivity index (χ2n) is 13.3. The van der Waals surface area contributed by atoms with Crippen molar-refractivity contribution in [3.05, 3.63) is 36.4 Å². The Balaban J connectivity index is 1.49. The first-order chi connectivity index (χ1) is 19.7. The fraction of sp³-hybridized carbons (Fsp3) is 0.667. The van der Waals surface area contributed by atoms with Gasteiger partial charge in [-0.25, -0.2) is 0 Å². The van der Waals surface area contributed by atoms with Crippen LogP contribution < -0.4 is 10.6 Å². The van der Waals surface area contributed by atoms with Crippen molar-refractivity contribution in [3.8, 4) is 22.6 Å². The van der Waals surface area contributed by atoms with Gasteiger partial charge in [0, 0.05) is 11.1 Å². The van der Waals surface area contributed by atoms with Crippen molar-refractivity contribution >= 4 is 26.5 Å². The van der Waals surface area contributed by atoms with Gasteiger partial charge in [0.25, 0.3) is 0 Å². The maximum absolute atomic E-state index is 11.7. The van der Waals surface area contributed by atoms with E-state index < -0.39 is 0 Å². The van der Waals surface area contributed by atoms with Gasteiger partial charge in [0.05, 0.1) is 0 Å². The Labute approximate surface area is 246 Å². The summed E-state index contributed by atoms with van der Waals surface area (Å²) < 4.78 is 0. The Morgan fingerprint density at radius 2 is 0.675 bits per heavy atom. The lowest BCUT2D eigenvalue weighted by Crippen LogP contribution is -2.29. The fourth-order valence-corrected chi connectivity index (χ4v) is 16.8. The number of hydrogen-bond acceptors (Lipinski definition) is 2. The summed E-state index contributed by atoms with van der Waals surface area (Å²) in [7, 11) is -0.779. The molecule has 2 nitrogen and oxygen atoms in total. The topological polar surface area (TPSA) is 40.5 Å². The third kappa shape index (κ3) is 6.30. The molecular weight excluding hydrogens is 526 g/mol. The second kappa shape index (κ2) is 13.9. The zero-order chi connectivity index (χ0) is 27.3. The quantitative estimate of drug-likeness (QED) is 0.321. The molecule has 2 aromatic rings. The molecule has 4 fully saturated rings. The van der Waals surface area contributed by atoms with E-state index in [1.807, 2.05) is 12.1 Å². The Kier molecular flexibility index (Phi) is 10.1. The van der Waals surface area contributed by atoms with Crippen molar-refractivity contribution in [2.75, 3.05) is 0 Å². The number of phenols is 2. The molecule has 0 spiro atoms. The van der Waals surface area contributed by atoms with Crippen LogP contribution in [0.2, 0.25) is 0 Å². The third-order valence-corrected chi connectivity index (χ3v) is 17.8. The van der Waals surface area contributed by atoms with Crippen LogP contribution in [-0.2, 0) is 0 Å². The molecular formula is C36H52O2P2. The van der Waals surface area contributed by atoms with E-state index in [1.54, 1.807) is 0 Å². The predicted molar refractivity (Wildman–Crippen MR) is 176 cm³/mol. The van der Waals surface area contributed by atoms with Crippen LogP contribution in [0.15, 0.2) is 36.4 Å². The number of hydrogen-bond donors (Lipinski definition) is 2. The molecule has 0 radical (unpaired) electrons. The number of aromatic hydroxyl groups is 2. The summed E-state index contributed by atoms with van der Waals surface area (Å²) in [4.78, 5) is 0. The molecule has 0 heterocycles. The van der Waals surface area contributed by atoms with Crippen molar-refractivity contribution in [2.24, 2.45) is 0 Å². The molecule has 2 aromatic carbocycles. The molecule has 4 saturated carbocycles. The van der Waals surface area contributed by atoms with Crippen LogP contribution in [0.4, 0.5) is 0 Å². The van der Waals surface area contributed by atoms with Gasteiger partial charge in [0.1, 0.15) is 11.5 Å². The van der Waals surface area contributed by atoms with Crippen molar-refractivity contribution in [2.45, 2.75) is 151 Å². The summed E-state index contributed by atoms with van der Waals surface area (Å²) in [5.74, 6) is 0.809. The number of rotatable bonds is 7. The van der Waals surface area contributed by atoms with E-state index in [1.165, 1.54) is 139 Å². The maximum Gasteiger partial charge on any atom is 0.124 e. The molecule has 4 aliphatic carbocycles. The molecule has 0 aromatic heterocycles. The number of phenolic OH excluding ortho intramolecular Hbond substituents is 2. The first-order valence-electron chi connectivity index (χ1n) is 16.9. The van der Waals surface area contributed by atoms with Crippen LogP contribution >= 0.6 is 15.8 Å². The van der Waals surface area contributed by atoms with Crippen LogP contribution in [-0.4, -0.2) is 32.8 Å². The molecule has 0 bridgehead atoms. The third-order valence-electron chi connectivity index (χ3n) is 10.7. The lowest BCUT2D eigenvalue weighted by molar-refractivity contribution is 0.469. The van der Waals surface area contributed by atoms with Crippen LogP contribution in [0.5, 0.6) is 11.5 Å². The average molecular weight is 579 g/mol. The largest absolute Gasteiger partial charge is 0.507 e. The van der Waals surface area contributed by atoms with Crippen LogP contribution in [0, 0.1) is 0 Å². The van der Waals surface area contributed by atoms with Crippen molar-refractivity contribution < 1.29 is 10.2 Å². The van der Waals surface area contributed by atoms with Crippen LogP contribution in [0.25, 0.3) is 11.1 Å². The molecule has 0 amide bonds. The fourth-order valence-electron chi connectivity index (χ4n) is 8.82. The van der Waals surface area contributed by atoms with E-state index in [2.05, 4.69) is 24.3 Å². The smallest absolute Gasteiger partial charge is 0.124 e. The highest BCUT2D eigenvalue weighted by molar-refractivity contribution is 7.68. The summed E-state index contributed by atoms with van der Waals surface area (Å²) in [5.41, 5.74) is 5.11. The number of benzene rings is 2. The van der Waals surface area contributed by atoms with E-state index in [9.17, 15) is 10.2 Å². The Morgan fingerprint density at radius 1 is 0.400 bits per heavy atom. The first-order valence-corrected chi connectivity index (χ1v) is 19.9. The van der Waals surface area contributed by atoms with Crippen LogP contribution in [0.1, 0.15) is 128 Å². The average Bonchev–Trinajstić information content (AvgIpc) is 3.01. The van der Waals surface area contributed by atoms with Gasteiger partial charge in [-0.2, -0.15) is 0 Å². The Hall–Kier alpha value is -1.10. The second-order valence-corrected chi connectivity index (χ2v) is 18.8. The standard InChI is InChI=1S/C36H52O2P2/c37-31-23-13-25-33(39(27-15-5-1-6-16-27)28-17-7-2-8-18-28)35(31)36-32(38)24-14-26-34(36)40(29-19-9-3-10-20-29)30-21-11-4-12-22-30/h13-14,23-30,37-38H,1-12,15-22H2. The van der Waals surface area contributed by atoms with Gasteiger partial charge in [-0.05, 0) is 96.7 Å². The lowest BCUT2D eigenvalue weighted by atomic mass is 9.99. The normalized spacial score (nSPS) is 22.8. The molecule has 4 heteroatoms. The summed E-state index contributed by atoms with van der Waals surface area (Å²) in [6.07, 6.45) is 27.2. The summed E-state index contributed by atoms with van der Waals surface area (Å²) >= 11 is 0. The van der Waals surface area contributed by atoms with Crippen molar-refractivity contribution in [1.29, 1.82) is 0 Å². The highest BCUT2D eigenvalue weighted by Crippen LogP contribution is 2.60. The SMILES string of the molecule is Oc1cccc(P(C2CCCCC2)C2CCCCC2)c1-c1c(O)cccc1P(C1CCCCC1)C1CCCCC1. The molecule has 4 aliphatic rings. The van der Waals surface area contributed by atoms with E-state index in [-0.39, 0.29) is 15.8 Å². The maximum atomic E-state index is 11.7. The van der Waals surface area contributed by atoms with E-state index in [0.717, 1.165) is 33.8 Å². The van der Waals surface area contributed by atoms with Gasteiger partial charge < -0.3 is 10.2 Å². The molecule has 218 valence electrons. The molecule has 40 heavy (non-hydrogen) atoms. The minimum Gasteiger partial charge on any atom is -0.507 e. The van der Waals surface area contributed by atoms with E-state index >= 15 is 0 Å². The van der Waals surface area contributed by atoms with E-state index in [4.69, 9.17) is 0 Å². The first kappa shape index (κ1) is 29.0. The summed E-state index contributed by atoms with van der Waals surface area (Å²) in [6.45, 7) is 0. The predicted octanol–water partition coefficient (Wildman–Crippen LogP) is 10.3. The molecule has 6 rings (SSSR count). The lowest BCUT2D eigenvalue weighted by Gasteiger charge is -2.41. The van der Waals surface area contributed by atoms with Gasteiger partial charge in [0.2, 0.25) is 0 Å². The molecule has 2 N–H and O–H groups in total. The minimum atomic E-state index is -0.390. The summed E-state index contributed by atoms with van der Waals surface area (Å²) in [5, 5.41) is 26.3. The van der Waals surface area contributed by atoms with Gasteiger partial charge in [-0.3, -0.25) is 0 Å². The van der Waals surface area contributed by atoms with Gasteiger partial charge in [-0.15, -0.1) is 0 Å². The zero-order valence-corrected chi connectivity index (χ0v) is 26.5. The van der Waals surface area contributed by atoms with Crippen molar-refractivity contribution in [1.82, 2.24) is 0 Å². The molecule has 0 saturated heterocycles. The van der Waals surface area contributed by atoms with Gasteiger partial charge in [0.15, 0.2) is 0 Å². The molecule has 0 atom stereocenters. The molecule has 0 unspecified atom stereocenters. The summed E-state index contributed by atoms with van der Waals surface area (Å²) in [6, 6.07) is 12.8. The monoisotopic (exact) mass is 578 g/mol. The van der Waals surface area contributed by atoms with E-state index in [0.29, 0.717) is 11.5 Å². The zero-order valence-electron chi connectivity index (χ0n) is 24.7. The Bertz CT molecular complexity index is 968. The van der Waals surface area contributed by atoms with Gasteiger partial charge >= 0.3 is 0 Å². The minimum absolute atomic E-state index is 0.390. The molecule has 0 aliphatic heterocycles. The van der Waals surface area contributed by atoms with Crippen molar-refractivity contribution in [3.63, 3.8) is 0 Å². The highest BCUT2D eigenvalue weighted by Gasteiger charge is 2.38. The Morgan fingerprint density at radius 3 is 0.950 bits per heavy atom. The van der Waals surface area contributed by atoms with Gasteiger partial charge in [-0.1, -0.05) is 117 Å².